The lowest BCUT2D eigenvalue weighted by Gasteiger charge is -2.30. The molecule has 2 aliphatic heterocycles. The molecule has 2 aliphatic rings. The molecule has 8 heteroatoms. The zero-order valence-electron chi connectivity index (χ0n) is 31.1. The Balaban J connectivity index is 1.21. The van der Waals surface area contributed by atoms with Crippen LogP contribution in [0.5, 0.6) is 28.7 Å². The van der Waals surface area contributed by atoms with Crippen LogP contribution in [-0.4, -0.2) is 0 Å². The summed E-state index contributed by atoms with van der Waals surface area (Å²) in [5.74, 6) is 4.02. The number of aryl methyl sites for hydroxylation is 8. The van der Waals surface area contributed by atoms with E-state index in [-0.39, 0.29) is 18.4 Å². The van der Waals surface area contributed by atoms with Crippen LogP contribution < -0.4 is 22.6 Å². The van der Waals surface area contributed by atoms with Crippen molar-refractivity contribution in [3.63, 3.8) is 0 Å². The largest absolute Gasteiger partial charge is 0.530 e. The van der Waals surface area contributed by atoms with E-state index in [0.29, 0.717) is 5.75 Å². The van der Waals surface area contributed by atoms with Crippen LogP contribution in [-0.2, 0) is 11.1 Å². The van der Waals surface area contributed by atoms with E-state index in [1.807, 2.05) is 24.3 Å². The van der Waals surface area contributed by atoms with E-state index in [1.165, 1.54) is 22.3 Å². The molecule has 0 spiro atoms. The van der Waals surface area contributed by atoms with Crippen molar-refractivity contribution in [2.24, 2.45) is 0 Å². The van der Waals surface area contributed by atoms with Gasteiger partial charge in [0.15, 0.2) is 0 Å². The van der Waals surface area contributed by atoms with Gasteiger partial charge >= 0.3 is 17.2 Å². The molecule has 0 fully saturated rings. The molecule has 2 heterocycles. The molecular formula is C43H46O6P2. The highest BCUT2D eigenvalue weighted by Crippen LogP contribution is 2.55. The van der Waals surface area contributed by atoms with Crippen LogP contribution in [0.3, 0.4) is 0 Å². The summed E-state index contributed by atoms with van der Waals surface area (Å²) in [4.78, 5) is 0. The van der Waals surface area contributed by atoms with Crippen LogP contribution in [0.4, 0.5) is 0 Å². The maximum Gasteiger partial charge on any atom is 0.530 e. The highest BCUT2D eigenvalue weighted by Gasteiger charge is 2.34. The van der Waals surface area contributed by atoms with Crippen LogP contribution in [0.2, 0.25) is 0 Å². The third kappa shape index (κ3) is 7.07. The van der Waals surface area contributed by atoms with E-state index < -0.39 is 17.2 Å². The quantitative estimate of drug-likeness (QED) is 0.169. The molecule has 0 saturated carbocycles. The minimum atomic E-state index is -1.89. The molecule has 0 bridgehead atoms. The normalized spacial score (nSPS) is 19.2. The number of rotatable bonds is 5. The van der Waals surface area contributed by atoms with Crippen molar-refractivity contribution in [1.29, 1.82) is 0 Å². The predicted octanol–water partition coefficient (Wildman–Crippen LogP) is 12.7. The molecule has 7 rings (SSSR count). The summed E-state index contributed by atoms with van der Waals surface area (Å²) in [5.41, 5.74) is 14.3. The molecule has 0 atom stereocenters. The van der Waals surface area contributed by atoms with Gasteiger partial charge in [0.1, 0.15) is 28.7 Å². The van der Waals surface area contributed by atoms with Crippen molar-refractivity contribution in [2.75, 3.05) is 0 Å². The van der Waals surface area contributed by atoms with Gasteiger partial charge in [0, 0.05) is 39.7 Å². The van der Waals surface area contributed by atoms with E-state index in [0.717, 1.165) is 73.1 Å². The fourth-order valence-electron chi connectivity index (χ4n) is 7.41. The number of fused-ring (bicyclic) bond motifs is 4. The molecule has 0 aromatic heterocycles. The highest BCUT2D eigenvalue weighted by molar-refractivity contribution is 7.43. The Morgan fingerprint density at radius 3 is 1.24 bits per heavy atom. The molecule has 0 amide bonds. The van der Waals surface area contributed by atoms with Crippen LogP contribution >= 0.6 is 17.2 Å². The maximum atomic E-state index is 6.69. The van der Waals surface area contributed by atoms with Gasteiger partial charge in [-0.2, -0.15) is 0 Å². The summed E-state index contributed by atoms with van der Waals surface area (Å²) in [5, 5.41) is 0. The number of para-hydroxylation sites is 1. The predicted molar refractivity (Wildman–Crippen MR) is 207 cm³/mol. The molecule has 0 radical (unpaired) electrons. The molecule has 0 unspecified atom stereocenters. The lowest BCUT2D eigenvalue weighted by atomic mass is 9.87. The molecule has 51 heavy (non-hydrogen) atoms. The summed E-state index contributed by atoms with van der Waals surface area (Å²) in [6, 6.07) is 25.3. The molecule has 5 aromatic rings. The first-order valence-corrected chi connectivity index (χ1v) is 19.7. The second kappa shape index (κ2) is 14.2. The van der Waals surface area contributed by atoms with E-state index in [2.05, 4.69) is 118 Å². The van der Waals surface area contributed by atoms with Gasteiger partial charge in [-0.15, -0.1) is 0 Å². The first-order valence-electron chi connectivity index (χ1n) is 17.5. The molecule has 0 aliphatic carbocycles. The van der Waals surface area contributed by atoms with E-state index >= 15 is 0 Å². The van der Waals surface area contributed by atoms with Gasteiger partial charge in [0.25, 0.3) is 0 Å². The van der Waals surface area contributed by atoms with Crippen molar-refractivity contribution >= 4 is 17.2 Å². The molecular weight excluding hydrogens is 674 g/mol. The van der Waals surface area contributed by atoms with E-state index in [4.69, 9.17) is 27.1 Å². The lowest BCUT2D eigenvalue weighted by molar-refractivity contribution is 0.250. The van der Waals surface area contributed by atoms with E-state index in [1.54, 1.807) is 0 Å². The van der Waals surface area contributed by atoms with Crippen LogP contribution in [0.15, 0.2) is 72.8 Å². The topological polar surface area (TPSA) is 55.4 Å². The zero-order chi connectivity index (χ0) is 36.1. The standard InChI is InChI=1S/C43H46O6P2/c1-24-15-28(5)40-35(19-24)32(9)36-20-25(2)16-29(6)41(36)47-50(46-40)44-23-34-13-11-12-14-39(34)45-51-48-42-30(7)17-26(3)21-37(42)33(10)38-22-27(4)18-31(8)43(38)49-51/h11-22,32-33H,23H2,1-10H3. The second-order valence-corrected chi connectivity index (χ2v) is 16.3. The first kappa shape index (κ1) is 35.3. The molecule has 264 valence electrons. The third-order valence-corrected chi connectivity index (χ3v) is 11.8. The molecule has 6 nitrogen and oxygen atoms in total. The van der Waals surface area contributed by atoms with Crippen molar-refractivity contribution in [1.82, 2.24) is 0 Å². The Morgan fingerprint density at radius 1 is 0.490 bits per heavy atom. The number of benzene rings is 5. The average molecular weight is 721 g/mol. The lowest BCUT2D eigenvalue weighted by Crippen LogP contribution is -2.13. The van der Waals surface area contributed by atoms with Gasteiger partial charge in [-0.3, -0.25) is 4.52 Å². The third-order valence-electron chi connectivity index (χ3n) is 9.79. The van der Waals surface area contributed by atoms with Crippen molar-refractivity contribution in [3.8, 4) is 28.7 Å². The Bertz CT molecular complexity index is 2020. The summed E-state index contributed by atoms with van der Waals surface area (Å²) < 4.78 is 39.9. The Hall–Kier alpha value is -4.08. The first-order chi connectivity index (χ1) is 24.4. The maximum absolute atomic E-state index is 6.69. The average Bonchev–Trinajstić information content (AvgIpc) is 3.06. The highest BCUT2D eigenvalue weighted by atomic mass is 31.2. The smallest absolute Gasteiger partial charge is 0.417 e. The van der Waals surface area contributed by atoms with E-state index in [9.17, 15) is 0 Å². The Kier molecular flexibility index (Phi) is 9.80. The summed E-state index contributed by atoms with van der Waals surface area (Å²) in [6.45, 7) is 21.5. The van der Waals surface area contributed by atoms with Crippen molar-refractivity contribution in [2.45, 2.75) is 87.7 Å². The van der Waals surface area contributed by atoms with Gasteiger partial charge in [-0.25, -0.2) is 0 Å². The summed E-state index contributed by atoms with van der Waals surface area (Å²) >= 11 is 0. The Morgan fingerprint density at radius 2 is 0.843 bits per heavy atom. The molecule has 5 aromatic carbocycles. The SMILES string of the molecule is Cc1cc(C)c2c(c1)C(C)c1cc(C)cc(C)c1OP(OCc1ccccc1OP1Oc3c(C)cc(C)cc3C(C)c3cc(C)cc(C)c3O1)O2. The summed E-state index contributed by atoms with van der Waals surface area (Å²) in [6.07, 6.45) is 0. The minimum absolute atomic E-state index is 0.0782. The van der Waals surface area contributed by atoms with Crippen molar-refractivity contribution < 1.29 is 27.1 Å². The second-order valence-electron chi connectivity index (χ2n) is 14.2. The van der Waals surface area contributed by atoms with Crippen LogP contribution in [0.25, 0.3) is 0 Å². The van der Waals surface area contributed by atoms with Gasteiger partial charge < -0.3 is 22.6 Å². The van der Waals surface area contributed by atoms with Gasteiger partial charge in [-0.1, -0.05) is 103 Å². The molecule has 0 N–H and O–H groups in total. The number of hydrogen-bond donors (Lipinski definition) is 0. The zero-order valence-corrected chi connectivity index (χ0v) is 32.9. The van der Waals surface area contributed by atoms with Gasteiger partial charge in [0.05, 0.1) is 6.61 Å². The number of hydrogen-bond acceptors (Lipinski definition) is 6. The van der Waals surface area contributed by atoms with Crippen LogP contribution in [0.1, 0.15) is 98.0 Å². The fourth-order valence-corrected chi connectivity index (χ4v) is 9.84. The Labute approximate surface area is 305 Å². The summed E-state index contributed by atoms with van der Waals surface area (Å²) in [7, 11) is -3.71. The monoisotopic (exact) mass is 720 g/mol. The van der Waals surface area contributed by atoms with Crippen molar-refractivity contribution in [3.05, 3.63) is 145 Å². The van der Waals surface area contributed by atoms with Gasteiger partial charge in [0.2, 0.25) is 0 Å². The minimum Gasteiger partial charge on any atom is -0.417 e. The van der Waals surface area contributed by atoms with Gasteiger partial charge in [-0.05, 0) is 83.7 Å². The fraction of sp³-hybridized carbons (Fsp3) is 0.302. The van der Waals surface area contributed by atoms with Crippen LogP contribution in [0, 0.1) is 55.4 Å². The molecule has 0 saturated heterocycles.